The maximum atomic E-state index is 11.8. The van der Waals surface area contributed by atoms with E-state index in [0.717, 1.165) is 0 Å². The van der Waals surface area contributed by atoms with Crippen molar-refractivity contribution in [2.45, 2.75) is 12.8 Å². The largest absolute Gasteiger partial charge is 0.350 e. The maximum Gasteiger partial charge on any atom is 0.251 e. The normalized spacial score (nSPS) is 14.9. The van der Waals surface area contributed by atoms with Crippen molar-refractivity contribution in [2.24, 2.45) is 0 Å². The molecule has 0 radical (unpaired) electrons. The summed E-state index contributed by atoms with van der Waals surface area (Å²) in [5.41, 5.74) is 0.451. The molecule has 0 saturated carbocycles. The van der Waals surface area contributed by atoms with Crippen molar-refractivity contribution in [3.05, 3.63) is 34.9 Å². The molecule has 1 aromatic carbocycles. The van der Waals surface area contributed by atoms with Gasteiger partial charge in [-0.3, -0.25) is 19.3 Å². The summed E-state index contributed by atoms with van der Waals surface area (Å²) >= 11 is 5.79. The van der Waals surface area contributed by atoms with Gasteiger partial charge in [0.05, 0.1) is 0 Å². The molecule has 0 unspecified atom stereocenters. The molecule has 1 fully saturated rings. The van der Waals surface area contributed by atoms with Crippen molar-refractivity contribution in [3.8, 4) is 0 Å². The van der Waals surface area contributed by atoms with Gasteiger partial charge in [-0.2, -0.15) is 0 Å². The van der Waals surface area contributed by atoms with E-state index >= 15 is 0 Å². The molecular formula is C13H13ClN2O3. The van der Waals surface area contributed by atoms with Gasteiger partial charge in [-0.15, -0.1) is 0 Å². The lowest BCUT2D eigenvalue weighted by atomic mass is 10.2. The second kappa shape index (κ2) is 5.84. The number of halogens is 1. The highest BCUT2D eigenvalue weighted by molar-refractivity contribution is 6.30. The highest BCUT2D eigenvalue weighted by Crippen LogP contribution is 2.11. The van der Waals surface area contributed by atoms with Crippen LogP contribution in [-0.4, -0.2) is 35.7 Å². The first-order valence-corrected chi connectivity index (χ1v) is 6.32. The molecule has 1 aliphatic heterocycles. The number of hydrogen-bond acceptors (Lipinski definition) is 3. The fourth-order valence-electron chi connectivity index (χ4n) is 1.89. The van der Waals surface area contributed by atoms with E-state index in [9.17, 15) is 14.4 Å². The zero-order chi connectivity index (χ0) is 13.8. The van der Waals surface area contributed by atoms with Crippen LogP contribution in [0.5, 0.6) is 0 Å². The molecule has 6 heteroatoms. The number of hydrogen-bond donors (Lipinski definition) is 1. The lowest BCUT2D eigenvalue weighted by molar-refractivity contribution is -0.138. The highest BCUT2D eigenvalue weighted by atomic mass is 35.5. The zero-order valence-corrected chi connectivity index (χ0v) is 10.9. The number of carbonyl (C=O) groups excluding carboxylic acids is 3. The number of likely N-dealkylation sites (tertiary alicyclic amines) is 1. The molecule has 0 spiro atoms. The van der Waals surface area contributed by atoms with E-state index in [-0.39, 0.29) is 43.7 Å². The van der Waals surface area contributed by atoms with Crippen molar-refractivity contribution in [3.63, 3.8) is 0 Å². The Morgan fingerprint density at radius 1 is 1.26 bits per heavy atom. The monoisotopic (exact) mass is 280 g/mol. The van der Waals surface area contributed by atoms with Crippen LogP contribution < -0.4 is 5.32 Å². The third-order valence-electron chi connectivity index (χ3n) is 2.86. The summed E-state index contributed by atoms with van der Waals surface area (Å²) in [5, 5.41) is 3.13. The molecule has 1 saturated heterocycles. The number of carbonyl (C=O) groups is 3. The Hall–Kier alpha value is -1.88. The van der Waals surface area contributed by atoms with Crippen molar-refractivity contribution in [2.75, 3.05) is 13.1 Å². The van der Waals surface area contributed by atoms with Gasteiger partial charge in [0.15, 0.2) is 0 Å². The number of amides is 3. The van der Waals surface area contributed by atoms with Crippen LogP contribution in [-0.2, 0) is 9.59 Å². The molecule has 0 aliphatic carbocycles. The lowest BCUT2D eigenvalue weighted by Gasteiger charge is -2.14. The molecule has 1 aromatic rings. The summed E-state index contributed by atoms with van der Waals surface area (Å²) in [6.45, 7) is 0.451. The minimum absolute atomic E-state index is 0.179. The topological polar surface area (TPSA) is 66.5 Å². The molecule has 19 heavy (non-hydrogen) atoms. The quantitative estimate of drug-likeness (QED) is 0.843. The van der Waals surface area contributed by atoms with E-state index in [0.29, 0.717) is 10.6 Å². The van der Waals surface area contributed by atoms with E-state index in [1.54, 1.807) is 24.3 Å². The van der Waals surface area contributed by atoms with E-state index in [4.69, 9.17) is 11.6 Å². The average molecular weight is 281 g/mol. The van der Waals surface area contributed by atoms with Gasteiger partial charge in [-0.05, 0) is 18.2 Å². The number of imide groups is 1. The van der Waals surface area contributed by atoms with Gasteiger partial charge in [0.2, 0.25) is 11.8 Å². The third-order valence-corrected chi connectivity index (χ3v) is 3.10. The Kier molecular flexibility index (Phi) is 4.16. The minimum Gasteiger partial charge on any atom is -0.350 e. The second-order valence-corrected chi connectivity index (χ2v) is 4.64. The van der Waals surface area contributed by atoms with Gasteiger partial charge in [-0.1, -0.05) is 17.7 Å². The smallest absolute Gasteiger partial charge is 0.251 e. The van der Waals surface area contributed by atoms with Crippen LogP contribution >= 0.6 is 11.6 Å². The van der Waals surface area contributed by atoms with Crippen LogP contribution in [0.1, 0.15) is 23.2 Å². The molecule has 0 bridgehead atoms. The standard InChI is InChI=1S/C13H13ClN2O3/c14-10-3-1-2-9(8-10)13(19)15-6-7-16-11(17)4-5-12(16)18/h1-3,8H,4-7H2,(H,15,19). The van der Waals surface area contributed by atoms with Crippen molar-refractivity contribution >= 4 is 29.3 Å². The SMILES string of the molecule is O=C(NCCN1C(=O)CCC1=O)c1cccc(Cl)c1. The molecule has 2 rings (SSSR count). The van der Waals surface area contributed by atoms with Crippen LogP contribution in [0.4, 0.5) is 0 Å². The molecule has 0 atom stereocenters. The zero-order valence-electron chi connectivity index (χ0n) is 10.2. The summed E-state index contributed by atoms with van der Waals surface area (Å²) < 4.78 is 0. The van der Waals surface area contributed by atoms with E-state index < -0.39 is 0 Å². The molecule has 1 N–H and O–H groups in total. The summed E-state index contributed by atoms with van der Waals surface area (Å²) in [4.78, 5) is 35.7. The van der Waals surface area contributed by atoms with Crippen LogP contribution in [0, 0.1) is 0 Å². The molecule has 1 heterocycles. The van der Waals surface area contributed by atoms with Crippen molar-refractivity contribution < 1.29 is 14.4 Å². The van der Waals surface area contributed by atoms with E-state index in [2.05, 4.69) is 5.32 Å². The van der Waals surface area contributed by atoms with Crippen LogP contribution in [0.15, 0.2) is 24.3 Å². The number of rotatable bonds is 4. The Labute approximate surface area is 115 Å². The van der Waals surface area contributed by atoms with Gasteiger partial charge < -0.3 is 5.32 Å². The molecule has 1 aliphatic rings. The average Bonchev–Trinajstić information content (AvgIpc) is 2.70. The van der Waals surface area contributed by atoms with Crippen molar-refractivity contribution in [1.29, 1.82) is 0 Å². The fraction of sp³-hybridized carbons (Fsp3) is 0.308. The molecule has 3 amide bonds. The van der Waals surface area contributed by atoms with Gasteiger partial charge in [0.25, 0.3) is 5.91 Å². The Bertz CT molecular complexity index is 514. The fourth-order valence-corrected chi connectivity index (χ4v) is 2.08. The molecule has 100 valence electrons. The molecule has 0 aromatic heterocycles. The first-order valence-electron chi connectivity index (χ1n) is 5.95. The Morgan fingerprint density at radius 3 is 2.58 bits per heavy atom. The first kappa shape index (κ1) is 13.5. The predicted molar refractivity (Wildman–Crippen MR) is 69.7 cm³/mol. The summed E-state index contributed by atoms with van der Waals surface area (Å²) in [6.07, 6.45) is 0.530. The lowest BCUT2D eigenvalue weighted by Crippen LogP contribution is -2.37. The number of nitrogens with zero attached hydrogens (tertiary/aromatic N) is 1. The van der Waals surface area contributed by atoms with Gasteiger partial charge >= 0.3 is 0 Å². The van der Waals surface area contributed by atoms with E-state index in [1.165, 1.54) is 4.90 Å². The summed E-state index contributed by atoms with van der Waals surface area (Å²) in [7, 11) is 0. The Morgan fingerprint density at radius 2 is 1.95 bits per heavy atom. The second-order valence-electron chi connectivity index (χ2n) is 4.21. The number of benzene rings is 1. The Balaban J connectivity index is 1.84. The maximum absolute atomic E-state index is 11.8. The van der Waals surface area contributed by atoms with Crippen LogP contribution in [0.3, 0.4) is 0 Å². The number of nitrogens with one attached hydrogen (secondary N) is 1. The first-order chi connectivity index (χ1) is 9.08. The van der Waals surface area contributed by atoms with Crippen LogP contribution in [0.25, 0.3) is 0 Å². The molecule has 5 nitrogen and oxygen atoms in total. The van der Waals surface area contributed by atoms with Crippen LogP contribution in [0.2, 0.25) is 5.02 Å². The van der Waals surface area contributed by atoms with E-state index in [1.807, 2.05) is 0 Å². The van der Waals surface area contributed by atoms with Gasteiger partial charge in [-0.25, -0.2) is 0 Å². The molecular weight excluding hydrogens is 268 g/mol. The summed E-state index contributed by atoms with van der Waals surface area (Å²) in [6, 6.07) is 6.57. The highest BCUT2D eigenvalue weighted by Gasteiger charge is 2.28. The summed E-state index contributed by atoms with van der Waals surface area (Å²) in [5.74, 6) is -0.634. The third kappa shape index (κ3) is 3.32. The predicted octanol–water partition coefficient (Wildman–Crippen LogP) is 1.22. The van der Waals surface area contributed by atoms with Gasteiger partial charge in [0, 0.05) is 36.5 Å². The minimum atomic E-state index is -0.276. The van der Waals surface area contributed by atoms with Crippen molar-refractivity contribution in [1.82, 2.24) is 10.2 Å². The van der Waals surface area contributed by atoms with Gasteiger partial charge in [0.1, 0.15) is 0 Å².